The molecule has 0 amide bonds. The van der Waals surface area contributed by atoms with Crippen LogP contribution in [0.15, 0.2) is 119 Å². The highest BCUT2D eigenvalue weighted by Gasteiger charge is 2.29. The van der Waals surface area contributed by atoms with E-state index in [1.54, 1.807) is 0 Å². The standard InChI is InChI=1S/C32H32N4/c1-6-27-22(4)36(5)32(35-31(27)29-20-26-14-10-11-15-28(26)33-29)34-30(24-12-8-7-9-13-24)25-18-16-23(17-19-25)21(2)3/h7-19,30H,2,4,6,20H2,1,3,5H3,(H,34,35). The number of fused-ring (bicyclic) bond motifs is 1. The Morgan fingerprint density at radius 1 is 1.00 bits per heavy atom. The van der Waals surface area contributed by atoms with Gasteiger partial charge in [0.05, 0.1) is 17.1 Å². The van der Waals surface area contributed by atoms with E-state index in [-0.39, 0.29) is 6.04 Å². The van der Waals surface area contributed by atoms with Crippen molar-refractivity contribution in [1.82, 2.24) is 10.2 Å². The molecule has 1 atom stereocenters. The summed E-state index contributed by atoms with van der Waals surface area (Å²) in [5.41, 5.74) is 10.9. The monoisotopic (exact) mass is 472 g/mol. The summed E-state index contributed by atoms with van der Waals surface area (Å²) in [6, 6.07) is 27.1. The summed E-state index contributed by atoms with van der Waals surface area (Å²) in [6.45, 7) is 12.7. The minimum absolute atomic E-state index is 0.171. The highest BCUT2D eigenvalue weighted by atomic mass is 15.3. The first-order valence-corrected chi connectivity index (χ1v) is 12.4. The Bertz CT molecular complexity index is 1410. The quantitative estimate of drug-likeness (QED) is 0.412. The zero-order valence-electron chi connectivity index (χ0n) is 21.3. The molecule has 4 nitrogen and oxygen atoms in total. The molecule has 0 spiro atoms. The van der Waals surface area contributed by atoms with Crippen molar-refractivity contribution in [3.63, 3.8) is 0 Å². The van der Waals surface area contributed by atoms with Gasteiger partial charge in [0.15, 0.2) is 0 Å². The molecular weight excluding hydrogens is 440 g/mol. The SMILES string of the molecule is C=C(C)c1ccc(C(N=C2NC(C3=Nc4ccccc4C3)=C(CC)C(=C)N2C)c2ccccc2)cc1. The summed E-state index contributed by atoms with van der Waals surface area (Å²) in [5.74, 6) is 0.767. The molecule has 0 bridgehead atoms. The maximum Gasteiger partial charge on any atom is 0.203 e. The van der Waals surface area contributed by atoms with Gasteiger partial charge in [0.2, 0.25) is 5.96 Å². The second kappa shape index (κ2) is 9.82. The van der Waals surface area contributed by atoms with Crippen LogP contribution in [0.2, 0.25) is 0 Å². The number of aliphatic imine (C=N–C) groups is 2. The van der Waals surface area contributed by atoms with E-state index in [1.165, 1.54) is 11.1 Å². The van der Waals surface area contributed by atoms with E-state index in [2.05, 4.69) is 97.0 Å². The van der Waals surface area contributed by atoms with Crippen molar-refractivity contribution < 1.29 is 0 Å². The van der Waals surface area contributed by atoms with Crippen molar-refractivity contribution in [1.29, 1.82) is 0 Å². The second-order valence-electron chi connectivity index (χ2n) is 9.37. The Morgan fingerprint density at radius 2 is 1.67 bits per heavy atom. The maximum atomic E-state index is 5.28. The number of likely N-dealkylation sites (N-methyl/N-ethyl adjacent to an activating group) is 1. The molecule has 180 valence electrons. The number of para-hydroxylation sites is 1. The molecule has 1 N–H and O–H groups in total. The Kier molecular flexibility index (Phi) is 6.43. The molecule has 0 radical (unpaired) electrons. The first kappa shape index (κ1) is 23.6. The largest absolute Gasteiger partial charge is 0.324 e. The van der Waals surface area contributed by atoms with Crippen molar-refractivity contribution in [2.24, 2.45) is 9.98 Å². The number of hydrogen-bond donors (Lipinski definition) is 1. The first-order valence-electron chi connectivity index (χ1n) is 12.4. The number of allylic oxidation sites excluding steroid dienone is 3. The third kappa shape index (κ3) is 4.42. The van der Waals surface area contributed by atoms with Gasteiger partial charge >= 0.3 is 0 Å². The molecule has 36 heavy (non-hydrogen) atoms. The van der Waals surface area contributed by atoms with Crippen molar-refractivity contribution in [2.45, 2.75) is 32.7 Å². The minimum atomic E-state index is -0.171. The van der Waals surface area contributed by atoms with Crippen molar-refractivity contribution in [3.05, 3.63) is 131 Å². The lowest BCUT2D eigenvalue weighted by atomic mass is 9.97. The van der Waals surface area contributed by atoms with Gasteiger partial charge < -0.3 is 10.2 Å². The molecule has 3 aromatic rings. The molecule has 0 saturated carbocycles. The molecule has 1 unspecified atom stereocenters. The number of rotatable bonds is 6. The fourth-order valence-corrected chi connectivity index (χ4v) is 4.82. The predicted octanol–water partition coefficient (Wildman–Crippen LogP) is 7.21. The summed E-state index contributed by atoms with van der Waals surface area (Å²) in [4.78, 5) is 12.3. The minimum Gasteiger partial charge on any atom is -0.324 e. The molecule has 0 aliphatic carbocycles. The van der Waals surface area contributed by atoms with E-state index in [1.807, 2.05) is 26.1 Å². The highest BCUT2D eigenvalue weighted by Crippen LogP contribution is 2.34. The number of hydrogen-bond acceptors (Lipinski definition) is 2. The zero-order valence-corrected chi connectivity index (χ0v) is 21.3. The van der Waals surface area contributed by atoms with Gasteiger partial charge in [0.1, 0.15) is 6.04 Å². The van der Waals surface area contributed by atoms with Gasteiger partial charge in [-0.3, -0.25) is 4.99 Å². The Hall–Kier alpha value is -4.18. The van der Waals surface area contributed by atoms with Crippen LogP contribution in [0.4, 0.5) is 5.69 Å². The molecule has 5 rings (SSSR count). The molecule has 0 saturated heterocycles. The normalized spacial score (nSPS) is 17.1. The third-order valence-corrected chi connectivity index (χ3v) is 6.94. The molecule has 4 heteroatoms. The molecular formula is C32H32N4. The van der Waals surface area contributed by atoms with Crippen molar-refractivity contribution >= 4 is 22.9 Å². The van der Waals surface area contributed by atoms with E-state index < -0.39 is 0 Å². The smallest absolute Gasteiger partial charge is 0.203 e. The van der Waals surface area contributed by atoms with Crippen LogP contribution in [-0.4, -0.2) is 23.6 Å². The van der Waals surface area contributed by atoms with Gasteiger partial charge in [-0.2, -0.15) is 0 Å². The van der Waals surface area contributed by atoms with Gasteiger partial charge in [-0.15, -0.1) is 0 Å². The lowest BCUT2D eigenvalue weighted by Gasteiger charge is -2.34. The fraction of sp³-hybridized carbons (Fsp3) is 0.188. The molecule has 2 aliphatic heterocycles. The van der Waals surface area contributed by atoms with Crippen LogP contribution in [0.25, 0.3) is 5.57 Å². The fourth-order valence-electron chi connectivity index (χ4n) is 4.82. The lowest BCUT2D eigenvalue weighted by molar-refractivity contribution is 0.579. The topological polar surface area (TPSA) is 40.0 Å². The van der Waals surface area contributed by atoms with Gasteiger partial charge in [-0.05, 0) is 41.7 Å². The zero-order chi connectivity index (χ0) is 25.2. The summed E-state index contributed by atoms with van der Waals surface area (Å²) in [7, 11) is 2.03. The van der Waals surface area contributed by atoms with Gasteiger partial charge in [-0.1, -0.05) is 98.5 Å². The van der Waals surface area contributed by atoms with Crippen LogP contribution in [-0.2, 0) is 6.42 Å². The highest BCUT2D eigenvalue weighted by molar-refractivity contribution is 6.10. The van der Waals surface area contributed by atoms with Gasteiger partial charge in [-0.25, -0.2) is 4.99 Å². The average molecular weight is 473 g/mol. The van der Waals surface area contributed by atoms with E-state index in [0.717, 1.165) is 63.9 Å². The second-order valence-corrected chi connectivity index (χ2v) is 9.37. The van der Waals surface area contributed by atoms with E-state index in [4.69, 9.17) is 9.98 Å². The predicted molar refractivity (Wildman–Crippen MR) is 151 cm³/mol. The first-order chi connectivity index (χ1) is 17.5. The average Bonchev–Trinajstić information content (AvgIpc) is 3.34. The number of nitrogens with zero attached hydrogens (tertiary/aromatic N) is 3. The Balaban J connectivity index is 1.56. The molecule has 3 aromatic carbocycles. The summed E-state index contributed by atoms with van der Waals surface area (Å²) in [6.07, 6.45) is 1.66. The van der Waals surface area contributed by atoms with Gasteiger partial charge in [0, 0.05) is 24.7 Å². The Labute approximate surface area is 214 Å². The van der Waals surface area contributed by atoms with Crippen LogP contribution in [0.1, 0.15) is 48.6 Å². The van der Waals surface area contributed by atoms with Crippen molar-refractivity contribution in [3.8, 4) is 0 Å². The number of nitrogens with one attached hydrogen (secondary N) is 1. The van der Waals surface area contributed by atoms with Crippen LogP contribution < -0.4 is 5.32 Å². The number of benzene rings is 3. The van der Waals surface area contributed by atoms with Crippen LogP contribution >= 0.6 is 0 Å². The number of guanidine groups is 1. The molecule has 0 fully saturated rings. The Morgan fingerprint density at radius 3 is 2.33 bits per heavy atom. The molecule has 2 heterocycles. The van der Waals surface area contributed by atoms with Crippen LogP contribution in [0.3, 0.4) is 0 Å². The van der Waals surface area contributed by atoms with E-state index in [0.29, 0.717) is 0 Å². The van der Waals surface area contributed by atoms with E-state index >= 15 is 0 Å². The van der Waals surface area contributed by atoms with Crippen LogP contribution in [0.5, 0.6) is 0 Å². The van der Waals surface area contributed by atoms with Gasteiger partial charge in [0.25, 0.3) is 0 Å². The maximum absolute atomic E-state index is 5.28. The molecule has 0 aromatic heterocycles. The lowest BCUT2D eigenvalue weighted by Crippen LogP contribution is -2.45. The molecule has 2 aliphatic rings. The third-order valence-electron chi connectivity index (χ3n) is 6.94. The summed E-state index contributed by atoms with van der Waals surface area (Å²) >= 11 is 0. The van der Waals surface area contributed by atoms with Crippen LogP contribution in [0, 0.1) is 0 Å². The summed E-state index contributed by atoms with van der Waals surface area (Å²) in [5, 5.41) is 3.66. The van der Waals surface area contributed by atoms with E-state index in [9.17, 15) is 0 Å². The van der Waals surface area contributed by atoms with Crippen molar-refractivity contribution in [2.75, 3.05) is 7.05 Å². The summed E-state index contributed by atoms with van der Waals surface area (Å²) < 4.78 is 0.